The molecule has 0 saturated heterocycles. The number of carbonyl (C=O) groups excluding carboxylic acids is 1. The molecule has 1 aliphatic rings. The van der Waals surface area contributed by atoms with Gasteiger partial charge >= 0.3 is 0 Å². The van der Waals surface area contributed by atoms with Crippen molar-refractivity contribution >= 4 is 33.5 Å². The lowest BCUT2D eigenvalue weighted by Crippen LogP contribution is -2.23. The summed E-state index contributed by atoms with van der Waals surface area (Å²) < 4.78 is 33.5. The number of hydrazone groups is 1. The fourth-order valence-electron chi connectivity index (χ4n) is 4.31. The Morgan fingerprint density at radius 3 is 2.50 bits per heavy atom. The zero-order chi connectivity index (χ0) is 25.9. The molecule has 0 spiro atoms. The van der Waals surface area contributed by atoms with Crippen LogP contribution in [0.4, 0.5) is 11.4 Å². The molecule has 0 aliphatic carbocycles. The molecule has 0 fully saturated rings. The van der Waals surface area contributed by atoms with E-state index in [4.69, 9.17) is 4.74 Å². The van der Waals surface area contributed by atoms with Gasteiger partial charge in [0.05, 0.1) is 17.7 Å². The van der Waals surface area contributed by atoms with Crippen LogP contribution in [0.15, 0.2) is 94.6 Å². The van der Waals surface area contributed by atoms with Gasteiger partial charge in [-0.2, -0.15) is 5.10 Å². The van der Waals surface area contributed by atoms with Crippen LogP contribution in [0, 0.1) is 0 Å². The Morgan fingerprint density at radius 2 is 1.75 bits per heavy atom. The van der Waals surface area contributed by atoms with E-state index in [2.05, 4.69) is 46.1 Å². The third-order valence-electron chi connectivity index (χ3n) is 6.17. The number of rotatable bonds is 7. The second-order valence-electron chi connectivity index (χ2n) is 8.81. The predicted molar refractivity (Wildman–Crippen MR) is 142 cm³/mol. The first-order valence-electron chi connectivity index (χ1n) is 11.3. The smallest absolute Gasteiger partial charge is 0.271 e. The van der Waals surface area contributed by atoms with E-state index in [1.54, 1.807) is 24.3 Å². The van der Waals surface area contributed by atoms with Crippen molar-refractivity contribution in [1.82, 2.24) is 5.43 Å². The molecule has 186 valence electrons. The van der Waals surface area contributed by atoms with Crippen LogP contribution in [0.2, 0.25) is 0 Å². The number of hydrogen-bond donors (Lipinski definition) is 2. The summed E-state index contributed by atoms with van der Waals surface area (Å²) in [5.41, 5.74) is 6.10. The topological polar surface area (TPSA) is 100 Å². The van der Waals surface area contributed by atoms with Crippen molar-refractivity contribution in [2.75, 3.05) is 23.8 Å². The summed E-state index contributed by atoms with van der Waals surface area (Å²) in [7, 11) is -0.493. The third-order valence-corrected chi connectivity index (χ3v) is 7.53. The van der Waals surface area contributed by atoms with Crippen molar-refractivity contribution in [3.05, 3.63) is 95.7 Å². The maximum absolute atomic E-state index is 12.9. The molecule has 2 N–H and O–H groups in total. The Labute approximate surface area is 211 Å². The minimum Gasteiger partial charge on any atom is -0.495 e. The van der Waals surface area contributed by atoms with Gasteiger partial charge in [-0.15, -0.1) is 0 Å². The van der Waals surface area contributed by atoms with E-state index >= 15 is 0 Å². The van der Waals surface area contributed by atoms with Gasteiger partial charge in [-0.25, -0.2) is 13.8 Å². The first-order chi connectivity index (χ1) is 17.1. The molecule has 1 aliphatic heterocycles. The lowest BCUT2D eigenvalue weighted by Gasteiger charge is -2.23. The number of ether oxygens (including phenoxy) is 1. The number of nitrogens with one attached hydrogen (secondary N) is 2. The summed E-state index contributed by atoms with van der Waals surface area (Å²) in [6.07, 6.45) is 3.39. The quantitative estimate of drug-likeness (QED) is 0.364. The number of fused-ring (bicyclic) bond motifs is 1. The van der Waals surface area contributed by atoms with E-state index in [1.807, 2.05) is 25.3 Å². The molecule has 9 heteroatoms. The van der Waals surface area contributed by atoms with E-state index in [9.17, 15) is 13.2 Å². The van der Waals surface area contributed by atoms with Gasteiger partial charge in [-0.3, -0.25) is 9.52 Å². The number of methoxy groups -OCH3 is 1. The summed E-state index contributed by atoms with van der Waals surface area (Å²) in [6.45, 7) is 4.27. The first-order valence-corrected chi connectivity index (χ1v) is 12.8. The molecular formula is C27H28N4O4S. The van der Waals surface area contributed by atoms with Gasteiger partial charge in [0.2, 0.25) is 0 Å². The van der Waals surface area contributed by atoms with Crippen molar-refractivity contribution < 1.29 is 17.9 Å². The molecule has 0 saturated carbocycles. The maximum atomic E-state index is 12.9. The fraction of sp³-hybridized carbons (Fsp3) is 0.185. The van der Waals surface area contributed by atoms with Crippen molar-refractivity contribution in [2.24, 2.45) is 5.10 Å². The number of para-hydroxylation sites is 3. The Bertz CT molecular complexity index is 1460. The first kappa shape index (κ1) is 25.0. The van der Waals surface area contributed by atoms with E-state index < -0.39 is 15.9 Å². The molecule has 1 amide bonds. The van der Waals surface area contributed by atoms with Gasteiger partial charge in [0.1, 0.15) is 5.75 Å². The van der Waals surface area contributed by atoms with Gasteiger partial charge in [-0.05, 0) is 48.0 Å². The Hall–Kier alpha value is -4.11. The highest BCUT2D eigenvalue weighted by Gasteiger charge is 2.37. The second-order valence-corrected chi connectivity index (χ2v) is 10.5. The summed E-state index contributed by atoms with van der Waals surface area (Å²) >= 11 is 0. The van der Waals surface area contributed by atoms with Crippen LogP contribution in [0.1, 0.15) is 29.8 Å². The van der Waals surface area contributed by atoms with Crippen LogP contribution in [-0.4, -0.2) is 34.7 Å². The number of nitrogens with zero attached hydrogens (tertiary/aromatic N) is 2. The maximum Gasteiger partial charge on any atom is 0.271 e. The molecule has 36 heavy (non-hydrogen) atoms. The molecule has 4 rings (SSSR count). The summed E-state index contributed by atoms with van der Waals surface area (Å²) in [5, 5.41) is 4.05. The van der Waals surface area contributed by atoms with Crippen LogP contribution in [-0.2, 0) is 15.4 Å². The number of allylic oxidation sites excluding steroid dienone is 2. The molecule has 0 bridgehead atoms. The minimum atomic E-state index is -3.95. The molecule has 0 unspecified atom stereocenters. The highest BCUT2D eigenvalue weighted by atomic mass is 32.2. The lowest BCUT2D eigenvalue weighted by atomic mass is 9.84. The number of amides is 1. The summed E-state index contributed by atoms with van der Waals surface area (Å²) in [6, 6.07) is 20.6. The number of carbonyl (C=O) groups is 1. The second kappa shape index (κ2) is 9.87. The van der Waals surface area contributed by atoms with Crippen LogP contribution in [0.3, 0.4) is 0 Å². The van der Waals surface area contributed by atoms with Crippen molar-refractivity contribution in [3.8, 4) is 5.75 Å². The van der Waals surface area contributed by atoms with Gasteiger partial charge < -0.3 is 9.64 Å². The van der Waals surface area contributed by atoms with Gasteiger partial charge in [0, 0.05) is 35.6 Å². The molecular weight excluding hydrogens is 476 g/mol. The Kier molecular flexibility index (Phi) is 6.85. The number of anilines is 2. The average molecular weight is 505 g/mol. The van der Waals surface area contributed by atoms with E-state index in [-0.39, 0.29) is 15.9 Å². The number of hydrogen-bond acceptors (Lipinski definition) is 6. The Morgan fingerprint density at radius 1 is 1.03 bits per heavy atom. The van der Waals surface area contributed by atoms with Crippen LogP contribution < -0.4 is 19.8 Å². The highest BCUT2D eigenvalue weighted by Crippen LogP contribution is 2.46. The SMILES string of the molecule is COc1ccccc1NS(=O)(=O)c1cccc(C(=O)NN=CC=C2N(C)c3ccccc3C2(C)C)c1. The average Bonchev–Trinajstić information content (AvgIpc) is 3.07. The molecule has 3 aromatic rings. The summed E-state index contributed by atoms with van der Waals surface area (Å²) in [4.78, 5) is 14.7. The molecule has 0 aromatic heterocycles. The van der Waals surface area contributed by atoms with E-state index in [0.717, 1.165) is 11.4 Å². The minimum absolute atomic E-state index is 0.0563. The highest BCUT2D eigenvalue weighted by molar-refractivity contribution is 7.92. The molecule has 0 radical (unpaired) electrons. The summed E-state index contributed by atoms with van der Waals surface area (Å²) in [5.74, 6) is -0.140. The fourth-order valence-corrected chi connectivity index (χ4v) is 5.42. The van der Waals surface area contributed by atoms with Crippen molar-refractivity contribution in [3.63, 3.8) is 0 Å². The van der Waals surface area contributed by atoms with Crippen molar-refractivity contribution in [1.29, 1.82) is 0 Å². The van der Waals surface area contributed by atoms with Crippen molar-refractivity contribution in [2.45, 2.75) is 24.2 Å². The normalized spacial score (nSPS) is 15.7. The zero-order valence-electron chi connectivity index (χ0n) is 20.5. The van der Waals surface area contributed by atoms with Crippen LogP contribution in [0.25, 0.3) is 0 Å². The molecule has 1 heterocycles. The van der Waals surface area contributed by atoms with E-state index in [1.165, 1.54) is 43.2 Å². The third kappa shape index (κ3) is 4.83. The van der Waals surface area contributed by atoms with E-state index in [0.29, 0.717) is 11.4 Å². The molecule has 3 aromatic carbocycles. The standard InChI is InChI=1S/C27H28N4O4S/c1-27(2)21-12-5-7-14-23(21)31(3)25(27)16-17-28-29-26(32)19-10-9-11-20(18-19)36(33,34)30-22-13-6-8-15-24(22)35-4/h5-18,30H,1-4H3,(H,29,32). The van der Waals surface area contributed by atoms with Crippen LogP contribution in [0.5, 0.6) is 5.75 Å². The number of benzene rings is 3. The van der Waals surface area contributed by atoms with Gasteiger partial charge in [-0.1, -0.05) is 50.2 Å². The monoisotopic (exact) mass is 504 g/mol. The number of sulfonamides is 1. The predicted octanol–water partition coefficient (Wildman–Crippen LogP) is 4.52. The van der Waals surface area contributed by atoms with Gasteiger partial charge in [0.15, 0.2) is 0 Å². The van der Waals surface area contributed by atoms with Gasteiger partial charge in [0.25, 0.3) is 15.9 Å². The zero-order valence-corrected chi connectivity index (χ0v) is 21.3. The molecule has 8 nitrogen and oxygen atoms in total. The lowest BCUT2D eigenvalue weighted by molar-refractivity contribution is 0.0955. The van der Waals surface area contributed by atoms with Crippen LogP contribution >= 0.6 is 0 Å². The molecule has 0 atom stereocenters. The largest absolute Gasteiger partial charge is 0.495 e. The Balaban J connectivity index is 1.47. The number of likely N-dealkylation sites (N-methyl/N-ethyl adjacent to an activating group) is 1.